The van der Waals surface area contributed by atoms with Crippen molar-refractivity contribution < 1.29 is 27.5 Å². The molecule has 0 aliphatic rings. The number of sulfonamides is 1. The number of rotatable bonds is 9. The molecule has 140 valence electrons. The zero-order chi connectivity index (χ0) is 19.0. The van der Waals surface area contributed by atoms with Gasteiger partial charge in [0.05, 0.1) is 17.1 Å². The normalized spacial score (nSPS) is 12.7. The van der Waals surface area contributed by atoms with Gasteiger partial charge in [-0.2, -0.15) is 0 Å². The van der Waals surface area contributed by atoms with Crippen LogP contribution >= 0.6 is 0 Å². The van der Waals surface area contributed by atoms with Crippen molar-refractivity contribution in [2.24, 2.45) is 0 Å². The Morgan fingerprint density at radius 3 is 2.24 bits per heavy atom. The summed E-state index contributed by atoms with van der Waals surface area (Å²) in [6.07, 6.45) is 0. The lowest BCUT2D eigenvalue weighted by atomic mass is 10.2. The van der Waals surface area contributed by atoms with Crippen molar-refractivity contribution in [2.45, 2.75) is 37.8 Å². The van der Waals surface area contributed by atoms with E-state index in [0.29, 0.717) is 0 Å². The molecule has 0 saturated carbocycles. The minimum Gasteiger partial charge on any atom is -0.452 e. The first-order valence-corrected chi connectivity index (χ1v) is 9.22. The molecule has 0 fully saturated rings. The molecule has 9 heteroatoms. The van der Waals surface area contributed by atoms with E-state index in [-0.39, 0.29) is 29.1 Å². The molecule has 1 aromatic rings. The molecule has 0 unspecified atom stereocenters. The SMILES string of the molecule is COC[C@H](C)NS(=O)(=O)c1ccc(C(=O)OCC(=O)NC(C)C)cc1. The predicted octanol–water partition coefficient (Wildman–Crippen LogP) is 0.681. The highest BCUT2D eigenvalue weighted by atomic mass is 32.2. The average molecular weight is 372 g/mol. The van der Waals surface area contributed by atoms with E-state index in [1.54, 1.807) is 20.8 Å². The Balaban J connectivity index is 2.69. The second-order valence-corrected chi connectivity index (χ2v) is 7.51. The first kappa shape index (κ1) is 21.1. The Morgan fingerprint density at radius 2 is 1.72 bits per heavy atom. The molecule has 1 rings (SSSR count). The molecule has 0 spiro atoms. The first-order valence-electron chi connectivity index (χ1n) is 7.73. The number of hydrogen-bond acceptors (Lipinski definition) is 6. The summed E-state index contributed by atoms with van der Waals surface area (Å²) in [4.78, 5) is 23.3. The van der Waals surface area contributed by atoms with Crippen LogP contribution in [0.1, 0.15) is 31.1 Å². The van der Waals surface area contributed by atoms with Crippen LogP contribution in [0.25, 0.3) is 0 Å². The fourth-order valence-corrected chi connectivity index (χ4v) is 3.19. The largest absolute Gasteiger partial charge is 0.452 e. The fraction of sp³-hybridized carbons (Fsp3) is 0.500. The van der Waals surface area contributed by atoms with Crippen molar-refractivity contribution in [1.29, 1.82) is 0 Å². The van der Waals surface area contributed by atoms with Crippen LogP contribution in [0.15, 0.2) is 29.2 Å². The maximum absolute atomic E-state index is 12.2. The van der Waals surface area contributed by atoms with Crippen molar-refractivity contribution in [2.75, 3.05) is 20.3 Å². The predicted molar refractivity (Wildman–Crippen MR) is 91.7 cm³/mol. The Labute approximate surface area is 147 Å². The van der Waals surface area contributed by atoms with Gasteiger partial charge in [0.15, 0.2) is 6.61 Å². The molecule has 0 aliphatic heterocycles. The number of esters is 1. The number of carbonyl (C=O) groups excluding carboxylic acids is 2. The number of carbonyl (C=O) groups is 2. The molecule has 8 nitrogen and oxygen atoms in total. The van der Waals surface area contributed by atoms with Crippen molar-refractivity contribution >= 4 is 21.9 Å². The quantitative estimate of drug-likeness (QED) is 0.617. The Kier molecular flexibility index (Phi) is 8.01. The van der Waals surface area contributed by atoms with Crippen LogP contribution in [-0.2, 0) is 24.3 Å². The third kappa shape index (κ3) is 7.20. The highest BCUT2D eigenvalue weighted by Crippen LogP contribution is 2.12. The summed E-state index contributed by atoms with van der Waals surface area (Å²) in [6, 6.07) is 4.82. The number of amides is 1. The van der Waals surface area contributed by atoms with Crippen LogP contribution in [0.3, 0.4) is 0 Å². The summed E-state index contributed by atoms with van der Waals surface area (Å²) in [6.45, 7) is 5.10. The summed E-state index contributed by atoms with van der Waals surface area (Å²) < 4.78 is 36.6. The van der Waals surface area contributed by atoms with E-state index < -0.39 is 28.5 Å². The van der Waals surface area contributed by atoms with Gasteiger partial charge in [0.25, 0.3) is 5.91 Å². The van der Waals surface area contributed by atoms with Crippen molar-refractivity contribution in [1.82, 2.24) is 10.0 Å². The highest BCUT2D eigenvalue weighted by molar-refractivity contribution is 7.89. The smallest absolute Gasteiger partial charge is 0.338 e. The van der Waals surface area contributed by atoms with Crippen LogP contribution in [0.2, 0.25) is 0 Å². The van der Waals surface area contributed by atoms with Crippen LogP contribution in [-0.4, -0.2) is 52.7 Å². The van der Waals surface area contributed by atoms with Gasteiger partial charge in [-0.25, -0.2) is 17.9 Å². The van der Waals surface area contributed by atoms with E-state index in [2.05, 4.69) is 10.0 Å². The van der Waals surface area contributed by atoms with Gasteiger partial charge in [-0.1, -0.05) is 0 Å². The fourth-order valence-electron chi connectivity index (χ4n) is 1.97. The maximum atomic E-state index is 12.2. The van der Waals surface area contributed by atoms with Gasteiger partial charge in [0.1, 0.15) is 0 Å². The molecular weight excluding hydrogens is 348 g/mol. The topological polar surface area (TPSA) is 111 Å². The molecule has 0 aliphatic carbocycles. The van der Waals surface area contributed by atoms with Crippen molar-refractivity contribution in [3.8, 4) is 0 Å². The third-order valence-electron chi connectivity index (χ3n) is 2.96. The van der Waals surface area contributed by atoms with E-state index in [1.807, 2.05) is 0 Å². The molecule has 0 heterocycles. The Bertz CT molecular complexity index is 685. The van der Waals surface area contributed by atoms with Crippen LogP contribution in [0, 0.1) is 0 Å². The van der Waals surface area contributed by atoms with E-state index in [0.717, 1.165) is 0 Å². The summed E-state index contributed by atoms with van der Waals surface area (Å²) in [5.74, 6) is -1.11. The monoisotopic (exact) mass is 372 g/mol. The molecule has 25 heavy (non-hydrogen) atoms. The number of hydrogen-bond donors (Lipinski definition) is 2. The van der Waals surface area contributed by atoms with Crippen molar-refractivity contribution in [3.63, 3.8) is 0 Å². The molecule has 0 bridgehead atoms. The maximum Gasteiger partial charge on any atom is 0.338 e. The minimum absolute atomic E-state index is 0.0181. The Hall–Kier alpha value is -1.97. The average Bonchev–Trinajstić information content (AvgIpc) is 2.51. The number of methoxy groups -OCH3 is 1. The highest BCUT2D eigenvalue weighted by Gasteiger charge is 2.18. The minimum atomic E-state index is -3.71. The number of ether oxygens (including phenoxy) is 2. The zero-order valence-corrected chi connectivity index (χ0v) is 15.6. The molecule has 2 N–H and O–H groups in total. The van der Waals surface area contributed by atoms with E-state index >= 15 is 0 Å². The third-order valence-corrected chi connectivity index (χ3v) is 4.56. The van der Waals surface area contributed by atoms with Gasteiger partial charge in [0.2, 0.25) is 10.0 Å². The second-order valence-electron chi connectivity index (χ2n) is 5.80. The Morgan fingerprint density at radius 1 is 1.12 bits per heavy atom. The van der Waals surface area contributed by atoms with Gasteiger partial charge in [-0.05, 0) is 45.0 Å². The molecule has 0 radical (unpaired) electrons. The van der Waals surface area contributed by atoms with E-state index in [9.17, 15) is 18.0 Å². The van der Waals surface area contributed by atoms with Gasteiger partial charge in [0, 0.05) is 19.2 Å². The lowest BCUT2D eigenvalue weighted by molar-refractivity contribution is -0.124. The second kappa shape index (κ2) is 9.50. The standard InChI is InChI=1S/C16H24N2O6S/c1-11(2)17-15(19)10-24-16(20)13-5-7-14(8-6-13)25(21,22)18-12(3)9-23-4/h5-8,11-12,18H,9-10H2,1-4H3,(H,17,19)/t12-/m0/s1. The van der Waals surface area contributed by atoms with Gasteiger partial charge in [-0.15, -0.1) is 0 Å². The molecule has 1 aromatic carbocycles. The molecule has 0 aromatic heterocycles. The molecule has 1 atom stereocenters. The summed E-state index contributed by atoms with van der Waals surface area (Å²) in [5.41, 5.74) is 0.154. The zero-order valence-electron chi connectivity index (χ0n) is 14.7. The van der Waals surface area contributed by atoms with E-state index in [4.69, 9.17) is 9.47 Å². The number of nitrogens with one attached hydrogen (secondary N) is 2. The van der Waals surface area contributed by atoms with Crippen molar-refractivity contribution in [3.05, 3.63) is 29.8 Å². The molecule has 1 amide bonds. The van der Waals surface area contributed by atoms with Crippen LogP contribution in [0.4, 0.5) is 0 Å². The summed E-state index contributed by atoms with van der Waals surface area (Å²) in [7, 11) is -2.23. The van der Waals surface area contributed by atoms with Gasteiger partial charge >= 0.3 is 5.97 Å². The number of benzene rings is 1. The molecule has 0 saturated heterocycles. The lowest BCUT2D eigenvalue weighted by Crippen LogP contribution is -2.35. The summed E-state index contributed by atoms with van der Waals surface area (Å²) >= 11 is 0. The molecular formula is C16H24N2O6S. The lowest BCUT2D eigenvalue weighted by Gasteiger charge is -2.13. The van der Waals surface area contributed by atoms with Gasteiger partial charge in [-0.3, -0.25) is 4.79 Å². The van der Waals surface area contributed by atoms with Crippen LogP contribution < -0.4 is 10.0 Å². The van der Waals surface area contributed by atoms with E-state index in [1.165, 1.54) is 31.4 Å². The first-order chi connectivity index (χ1) is 11.7. The van der Waals surface area contributed by atoms with Crippen LogP contribution in [0.5, 0.6) is 0 Å². The van der Waals surface area contributed by atoms with Gasteiger partial charge < -0.3 is 14.8 Å². The summed E-state index contributed by atoms with van der Waals surface area (Å²) in [5, 5.41) is 2.59.